The van der Waals surface area contributed by atoms with Crippen LogP contribution in [0.15, 0.2) is 53.0 Å². The minimum Gasteiger partial charge on any atom is -0.467 e. The van der Waals surface area contributed by atoms with Crippen LogP contribution < -0.4 is 5.32 Å². The van der Waals surface area contributed by atoms with E-state index in [2.05, 4.69) is 21.2 Å². The Morgan fingerprint density at radius 2 is 1.91 bits per heavy atom. The van der Waals surface area contributed by atoms with Gasteiger partial charge in [-0.25, -0.2) is 4.79 Å². The summed E-state index contributed by atoms with van der Waals surface area (Å²) in [4.78, 5) is 24.3. The SMILES string of the molecule is COC(=O)[C@H](Cc1cccc(C)c1)NC(=O)c1cccc(Br)c1. The van der Waals surface area contributed by atoms with E-state index in [4.69, 9.17) is 4.74 Å². The third kappa shape index (κ3) is 4.93. The lowest BCUT2D eigenvalue weighted by Crippen LogP contribution is -2.43. The first-order valence-corrected chi connectivity index (χ1v) is 7.98. The fourth-order valence-corrected chi connectivity index (χ4v) is 2.68. The van der Waals surface area contributed by atoms with Crippen molar-refractivity contribution in [2.45, 2.75) is 19.4 Å². The number of aryl methyl sites for hydroxylation is 1. The summed E-state index contributed by atoms with van der Waals surface area (Å²) < 4.78 is 5.62. The van der Waals surface area contributed by atoms with Crippen molar-refractivity contribution in [3.63, 3.8) is 0 Å². The predicted molar refractivity (Wildman–Crippen MR) is 92.3 cm³/mol. The molecule has 4 nitrogen and oxygen atoms in total. The molecule has 0 spiro atoms. The standard InChI is InChI=1S/C18H18BrNO3/c1-12-5-3-6-13(9-12)10-16(18(22)23-2)20-17(21)14-7-4-8-15(19)11-14/h3-9,11,16H,10H2,1-2H3,(H,20,21)/t16-/m0/s1. The van der Waals surface area contributed by atoms with E-state index in [9.17, 15) is 9.59 Å². The minimum absolute atomic E-state index is 0.311. The van der Waals surface area contributed by atoms with Crippen LogP contribution in [0.1, 0.15) is 21.5 Å². The first-order chi connectivity index (χ1) is 11.0. The Morgan fingerprint density at radius 3 is 2.57 bits per heavy atom. The van der Waals surface area contributed by atoms with Gasteiger partial charge >= 0.3 is 5.97 Å². The highest BCUT2D eigenvalue weighted by Crippen LogP contribution is 2.13. The highest BCUT2D eigenvalue weighted by atomic mass is 79.9. The molecule has 0 saturated carbocycles. The van der Waals surface area contributed by atoms with Crippen molar-refractivity contribution in [2.24, 2.45) is 0 Å². The lowest BCUT2D eigenvalue weighted by atomic mass is 10.0. The van der Waals surface area contributed by atoms with Gasteiger partial charge in [-0.15, -0.1) is 0 Å². The molecular weight excluding hydrogens is 358 g/mol. The van der Waals surface area contributed by atoms with E-state index >= 15 is 0 Å². The Kier molecular flexibility index (Phi) is 5.93. The van der Waals surface area contributed by atoms with Crippen molar-refractivity contribution in [2.75, 3.05) is 7.11 Å². The van der Waals surface area contributed by atoms with Crippen molar-refractivity contribution in [1.82, 2.24) is 5.32 Å². The summed E-state index contributed by atoms with van der Waals surface area (Å²) in [6.45, 7) is 1.98. The second-order valence-corrected chi connectivity index (χ2v) is 6.17. The van der Waals surface area contributed by atoms with Gasteiger partial charge in [-0.1, -0.05) is 51.8 Å². The number of nitrogens with one attached hydrogen (secondary N) is 1. The van der Waals surface area contributed by atoms with E-state index in [1.54, 1.807) is 18.2 Å². The number of esters is 1. The zero-order valence-electron chi connectivity index (χ0n) is 13.0. The van der Waals surface area contributed by atoms with Crippen LogP contribution in [0.25, 0.3) is 0 Å². The minimum atomic E-state index is -0.728. The first-order valence-electron chi connectivity index (χ1n) is 7.19. The number of hydrogen-bond acceptors (Lipinski definition) is 3. The van der Waals surface area contributed by atoms with Gasteiger partial charge in [0.25, 0.3) is 5.91 Å². The fourth-order valence-electron chi connectivity index (χ4n) is 2.28. The average Bonchev–Trinajstić information content (AvgIpc) is 2.53. The summed E-state index contributed by atoms with van der Waals surface area (Å²) in [7, 11) is 1.32. The molecule has 1 amide bonds. The lowest BCUT2D eigenvalue weighted by molar-refractivity contribution is -0.142. The molecule has 1 N–H and O–H groups in total. The van der Waals surface area contributed by atoms with Gasteiger partial charge in [-0.3, -0.25) is 4.79 Å². The summed E-state index contributed by atoms with van der Waals surface area (Å²) in [6.07, 6.45) is 0.383. The molecular formula is C18H18BrNO3. The second kappa shape index (κ2) is 7.92. The zero-order valence-corrected chi connectivity index (χ0v) is 14.6. The fraction of sp³-hybridized carbons (Fsp3) is 0.222. The highest BCUT2D eigenvalue weighted by Gasteiger charge is 2.22. The van der Waals surface area contributed by atoms with Crippen LogP contribution in [0.3, 0.4) is 0 Å². The van der Waals surface area contributed by atoms with Crippen LogP contribution in [0, 0.1) is 6.92 Å². The molecule has 0 bridgehead atoms. The highest BCUT2D eigenvalue weighted by molar-refractivity contribution is 9.10. The van der Waals surface area contributed by atoms with Gasteiger partial charge in [0, 0.05) is 16.5 Å². The number of benzene rings is 2. The molecule has 0 unspecified atom stereocenters. The predicted octanol–water partition coefficient (Wildman–Crippen LogP) is 3.27. The quantitative estimate of drug-likeness (QED) is 0.815. The Hall–Kier alpha value is -2.14. The normalized spacial score (nSPS) is 11.6. The summed E-state index contributed by atoms with van der Waals surface area (Å²) >= 11 is 3.33. The average molecular weight is 376 g/mol. The Morgan fingerprint density at radius 1 is 1.17 bits per heavy atom. The molecule has 5 heteroatoms. The Bertz CT molecular complexity index is 715. The van der Waals surface area contributed by atoms with Crippen molar-refractivity contribution < 1.29 is 14.3 Å². The Balaban J connectivity index is 2.15. The molecule has 0 radical (unpaired) electrons. The number of halogens is 1. The molecule has 0 aromatic heterocycles. The van der Waals surface area contributed by atoms with Crippen LogP contribution in [-0.2, 0) is 16.0 Å². The third-order valence-corrected chi connectivity index (χ3v) is 3.89. The summed E-state index contributed by atoms with van der Waals surface area (Å²) in [6, 6.07) is 14.1. The van der Waals surface area contributed by atoms with Gasteiger partial charge in [0.1, 0.15) is 6.04 Å². The van der Waals surface area contributed by atoms with Gasteiger partial charge in [-0.05, 0) is 30.7 Å². The number of rotatable bonds is 5. The third-order valence-electron chi connectivity index (χ3n) is 3.40. The molecule has 1 atom stereocenters. The largest absolute Gasteiger partial charge is 0.467 e. The number of carbonyl (C=O) groups excluding carboxylic acids is 2. The molecule has 0 aliphatic heterocycles. The first kappa shape index (κ1) is 17.2. The van der Waals surface area contributed by atoms with E-state index in [0.29, 0.717) is 12.0 Å². The molecule has 120 valence electrons. The van der Waals surface area contributed by atoms with Crippen LogP contribution in [0.5, 0.6) is 0 Å². The van der Waals surface area contributed by atoms with E-state index in [0.717, 1.165) is 15.6 Å². The van der Waals surface area contributed by atoms with E-state index in [-0.39, 0.29) is 5.91 Å². The van der Waals surface area contributed by atoms with Crippen molar-refractivity contribution in [3.05, 3.63) is 69.7 Å². The van der Waals surface area contributed by atoms with Crippen molar-refractivity contribution >= 4 is 27.8 Å². The summed E-state index contributed by atoms with van der Waals surface area (Å²) in [5.41, 5.74) is 2.55. The number of amides is 1. The molecule has 23 heavy (non-hydrogen) atoms. The van der Waals surface area contributed by atoms with Gasteiger partial charge in [0.2, 0.25) is 0 Å². The maximum Gasteiger partial charge on any atom is 0.328 e. The molecule has 0 heterocycles. The summed E-state index contributed by atoms with van der Waals surface area (Å²) in [5, 5.41) is 2.74. The number of hydrogen-bond donors (Lipinski definition) is 1. The molecule has 0 aliphatic rings. The van der Waals surface area contributed by atoms with E-state index in [1.165, 1.54) is 7.11 Å². The van der Waals surface area contributed by atoms with Crippen LogP contribution in [-0.4, -0.2) is 25.0 Å². The second-order valence-electron chi connectivity index (χ2n) is 5.25. The van der Waals surface area contributed by atoms with Gasteiger partial charge in [0.15, 0.2) is 0 Å². The number of methoxy groups -OCH3 is 1. The van der Waals surface area contributed by atoms with E-state index in [1.807, 2.05) is 37.3 Å². The van der Waals surface area contributed by atoms with Crippen LogP contribution >= 0.6 is 15.9 Å². The number of carbonyl (C=O) groups is 2. The molecule has 0 saturated heterocycles. The Labute approximate surface area is 144 Å². The molecule has 0 aliphatic carbocycles. The van der Waals surface area contributed by atoms with Crippen molar-refractivity contribution in [3.8, 4) is 0 Å². The van der Waals surface area contributed by atoms with E-state index < -0.39 is 12.0 Å². The van der Waals surface area contributed by atoms with Crippen LogP contribution in [0.4, 0.5) is 0 Å². The maximum atomic E-state index is 12.3. The van der Waals surface area contributed by atoms with Gasteiger partial charge in [0.05, 0.1) is 7.11 Å². The summed E-state index contributed by atoms with van der Waals surface area (Å²) in [5.74, 6) is -0.774. The van der Waals surface area contributed by atoms with Gasteiger partial charge < -0.3 is 10.1 Å². The molecule has 2 aromatic rings. The molecule has 2 rings (SSSR count). The number of ether oxygens (including phenoxy) is 1. The van der Waals surface area contributed by atoms with Crippen molar-refractivity contribution in [1.29, 1.82) is 0 Å². The van der Waals surface area contributed by atoms with Gasteiger partial charge in [-0.2, -0.15) is 0 Å². The smallest absolute Gasteiger partial charge is 0.328 e. The molecule has 2 aromatic carbocycles. The monoisotopic (exact) mass is 375 g/mol. The topological polar surface area (TPSA) is 55.4 Å². The zero-order chi connectivity index (χ0) is 16.8. The lowest BCUT2D eigenvalue weighted by Gasteiger charge is -2.17. The maximum absolute atomic E-state index is 12.3. The molecule has 0 fully saturated rings. The van der Waals surface area contributed by atoms with Crippen LogP contribution in [0.2, 0.25) is 0 Å².